The number of nitrogens with zero attached hydrogens (tertiary/aromatic N) is 4. The lowest BCUT2D eigenvalue weighted by atomic mass is 10.3. The maximum Gasteiger partial charge on any atom is 0.263 e. The Hall–Kier alpha value is -1.66. The van der Waals surface area contributed by atoms with Crippen LogP contribution in [0, 0.1) is 0 Å². The van der Waals surface area contributed by atoms with E-state index in [2.05, 4.69) is 14.5 Å². The van der Waals surface area contributed by atoms with Crippen LogP contribution in [0.15, 0.2) is 29.9 Å². The quantitative estimate of drug-likeness (QED) is 0.869. The van der Waals surface area contributed by atoms with Crippen molar-refractivity contribution in [2.45, 2.75) is 13.0 Å². The van der Waals surface area contributed by atoms with Crippen molar-refractivity contribution in [2.24, 2.45) is 7.05 Å². The van der Waals surface area contributed by atoms with Gasteiger partial charge in [0.25, 0.3) is 5.91 Å². The molecule has 0 saturated carbocycles. The summed E-state index contributed by atoms with van der Waals surface area (Å²) in [5.74, 6) is 1.25. The second-order valence-corrected chi connectivity index (χ2v) is 6.30. The molecule has 5 nitrogen and oxygen atoms in total. The maximum absolute atomic E-state index is 12.4. The summed E-state index contributed by atoms with van der Waals surface area (Å²) in [6, 6.07) is 3.84. The fourth-order valence-corrected chi connectivity index (χ4v) is 3.33. The average molecular weight is 304 g/mol. The summed E-state index contributed by atoms with van der Waals surface area (Å²) in [6.45, 7) is 4.41. The van der Waals surface area contributed by atoms with Crippen molar-refractivity contribution in [3.63, 3.8) is 0 Å². The van der Waals surface area contributed by atoms with Crippen molar-refractivity contribution >= 4 is 17.2 Å². The Morgan fingerprint density at radius 2 is 2.24 bits per heavy atom. The molecule has 0 atom stereocenters. The molecule has 0 aromatic carbocycles. The summed E-state index contributed by atoms with van der Waals surface area (Å²) in [4.78, 5) is 22.0. The monoisotopic (exact) mass is 304 g/mol. The molecule has 1 aliphatic heterocycles. The highest BCUT2D eigenvalue weighted by atomic mass is 32.1. The van der Waals surface area contributed by atoms with Crippen molar-refractivity contribution in [3.8, 4) is 0 Å². The highest BCUT2D eigenvalue weighted by Gasteiger charge is 2.21. The first-order valence-corrected chi connectivity index (χ1v) is 8.13. The summed E-state index contributed by atoms with van der Waals surface area (Å²) >= 11 is 1.52. The fourth-order valence-electron chi connectivity index (χ4n) is 2.64. The first-order chi connectivity index (χ1) is 10.2. The first-order valence-electron chi connectivity index (χ1n) is 7.25. The second-order valence-electron chi connectivity index (χ2n) is 5.35. The Balaban J connectivity index is 1.59. The second kappa shape index (κ2) is 6.41. The highest BCUT2D eigenvalue weighted by Crippen LogP contribution is 2.14. The number of carbonyl (C=O) groups is 1. The van der Waals surface area contributed by atoms with E-state index in [1.165, 1.54) is 11.3 Å². The van der Waals surface area contributed by atoms with E-state index >= 15 is 0 Å². The minimum atomic E-state index is 0.170. The van der Waals surface area contributed by atoms with Crippen molar-refractivity contribution in [1.29, 1.82) is 0 Å². The third-order valence-corrected chi connectivity index (χ3v) is 4.75. The van der Waals surface area contributed by atoms with Crippen LogP contribution < -0.4 is 0 Å². The van der Waals surface area contributed by atoms with Gasteiger partial charge in [-0.15, -0.1) is 11.3 Å². The topological polar surface area (TPSA) is 41.4 Å². The van der Waals surface area contributed by atoms with Crippen LogP contribution in [0.25, 0.3) is 0 Å². The van der Waals surface area contributed by atoms with Gasteiger partial charge in [-0.3, -0.25) is 9.69 Å². The number of aryl methyl sites for hydroxylation is 1. The Bertz CT molecular complexity index is 593. The minimum Gasteiger partial charge on any atom is -0.337 e. The summed E-state index contributed by atoms with van der Waals surface area (Å²) < 4.78 is 2.06. The van der Waals surface area contributed by atoms with Crippen molar-refractivity contribution < 1.29 is 4.79 Å². The predicted octanol–water partition coefficient (Wildman–Crippen LogP) is 1.83. The minimum absolute atomic E-state index is 0.170. The summed E-state index contributed by atoms with van der Waals surface area (Å²) in [6.07, 6.45) is 4.82. The summed E-state index contributed by atoms with van der Waals surface area (Å²) in [5.41, 5.74) is 0. The maximum atomic E-state index is 12.4. The van der Waals surface area contributed by atoms with E-state index in [9.17, 15) is 4.79 Å². The van der Waals surface area contributed by atoms with Crippen LogP contribution in [0.2, 0.25) is 0 Å². The van der Waals surface area contributed by atoms with Crippen LogP contribution in [0.3, 0.4) is 0 Å². The molecule has 0 spiro atoms. The van der Waals surface area contributed by atoms with E-state index in [1.54, 1.807) is 0 Å². The first kappa shape index (κ1) is 14.3. The molecule has 2 aromatic rings. The molecule has 1 fully saturated rings. The zero-order valence-corrected chi connectivity index (χ0v) is 13.1. The molecule has 0 bridgehead atoms. The summed E-state index contributed by atoms with van der Waals surface area (Å²) in [5, 5.41) is 1.96. The molecule has 0 unspecified atom stereocenters. The standard InChI is InChI=1S/C15H20N4OS/c1-17-8-5-16-14(17)12-18-6-3-7-19(10-9-18)15(20)13-4-2-11-21-13/h2,4-5,8,11H,3,6-7,9-10,12H2,1H3. The molecule has 0 radical (unpaired) electrons. The number of amides is 1. The van der Waals surface area contributed by atoms with E-state index in [-0.39, 0.29) is 5.91 Å². The molecule has 6 heteroatoms. The van der Waals surface area contributed by atoms with Gasteiger partial charge in [-0.1, -0.05) is 6.07 Å². The van der Waals surface area contributed by atoms with Gasteiger partial charge in [0.1, 0.15) is 5.82 Å². The molecular weight excluding hydrogens is 284 g/mol. The number of aromatic nitrogens is 2. The average Bonchev–Trinajstić information content (AvgIpc) is 3.08. The van der Waals surface area contributed by atoms with Crippen LogP contribution in [-0.4, -0.2) is 51.4 Å². The summed E-state index contributed by atoms with van der Waals surface area (Å²) in [7, 11) is 2.02. The van der Waals surface area contributed by atoms with Crippen molar-refractivity contribution in [3.05, 3.63) is 40.6 Å². The molecular formula is C15H20N4OS. The van der Waals surface area contributed by atoms with Gasteiger partial charge < -0.3 is 9.47 Å². The Morgan fingerprint density at radius 3 is 2.95 bits per heavy atom. The highest BCUT2D eigenvalue weighted by molar-refractivity contribution is 7.12. The van der Waals surface area contributed by atoms with E-state index in [0.29, 0.717) is 0 Å². The van der Waals surface area contributed by atoms with Crippen LogP contribution in [-0.2, 0) is 13.6 Å². The van der Waals surface area contributed by atoms with E-state index < -0.39 is 0 Å². The lowest BCUT2D eigenvalue weighted by molar-refractivity contribution is 0.0766. The molecule has 1 amide bonds. The molecule has 112 valence electrons. The SMILES string of the molecule is Cn1ccnc1CN1CCCN(C(=O)c2cccs2)CC1. The van der Waals surface area contributed by atoms with E-state index in [4.69, 9.17) is 0 Å². The number of imidazole rings is 1. The fraction of sp³-hybridized carbons (Fsp3) is 0.467. The zero-order chi connectivity index (χ0) is 14.7. The van der Waals surface area contributed by atoms with Crippen LogP contribution in [0.4, 0.5) is 0 Å². The van der Waals surface area contributed by atoms with Crippen LogP contribution >= 0.6 is 11.3 Å². The lowest BCUT2D eigenvalue weighted by Gasteiger charge is -2.21. The van der Waals surface area contributed by atoms with E-state index in [0.717, 1.165) is 49.8 Å². The largest absolute Gasteiger partial charge is 0.337 e. The number of rotatable bonds is 3. The van der Waals surface area contributed by atoms with Gasteiger partial charge in [0.15, 0.2) is 0 Å². The van der Waals surface area contributed by atoms with Gasteiger partial charge >= 0.3 is 0 Å². The lowest BCUT2D eigenvalue weighted by Crippen LogP contribution is -2.34. The van der Waals surface area contributed by atoms with Gasteiger partial charge in [0.05, 0.1) is 11.4 Å². The Labute approximate surface area is 128 Å². The number of hydrogen-bond acceptors (Lipinski definition) is 4. The van der Waals surface area contributed by atoms with Crippen LogP contribution in [0.1, 0.15) is 21.9 Å². The van der Waals surface area contributed by atoms with Gasteiger partial charge in [-0.2, -0.15) is 0 Å². The smallest absolute Gasteiger partial charge is 0.263 e. The molecule has 0 aliphatic carbocycles. The predicted molar refractivity (Wildman–Crippen MR) is 83.3 cm³/mol. The van der Waals surface area contributed by atoms with Gasteiger partial charge in [-0.05, 0) is 17.9 Å². The molecule has 3 heterocycles. The Kier molecular flexibility index (Phi) is 4.36. The molecule has 2 aromatic heterocycles. The Morgan fingerprint density at radius 1 is 1.33 bits per heavy atom. The van der Waals surface area contributed by atoms with Crippen molar-refractivity contribution in [2.75, 3.05) is 26.2 Å². The zero-order valence-electron chi connectivity index (χ0n) is 12.2. The third-order valence-electron chi connectivity index (χ3n) is 3.89. The number of thiophene rings is 1. The van der Waals surface area contributed by atoms with Gasteiger partial charge in [-0.25, -0.2) is 4.98 Å². The van der Waals surface area contributed by atoms with Gasteiger partial charge in [0.2, 0.25) is 0 Å². The number of hydrogen-bond donors (Lipinski definition) is 0. The molecule has 0 N–H and O–H groups in total. The van der Waals surface area contributed by atoms with Crippen molar-refractivity contribution in [1.82, 2.24) is 19.4 Å². The van der Waals surface area contributed by atoms with Gasteiger partial charge in [0, 0.05) is 45.6 Å². The third kappa shape index (κ3) is 3.33. The normalized spacial score (nSPS) is 16.9. The molecule has 1 aliphatic rings. The van der Waals surface area contributed by atoms with E-state index in [1.807, 2.05) is 41.9 Å². The molecule has 1 saturated heterocycles. The molecule has 3 rings (SSSR count). The molecule has 21 heavy (non-hydrogen) atoms. The van der Waals surface area contributed by atoms with Crippen LogP contribution in [0.5, 0.6) is 0 Å². The number of carbonyl (C=O) groups excluding carboxylic acids is 1.